The van der Waals surface area contributed by atoms with Crippen LogP contribution in [0.3, 0.4) is 0 Å². The van der Waals surface area contributed by atoms with Crippen LogP contribution in [-0.4, -0.2) is 9.78 Å². The molecule has 13 heavy (non-hydrogen) atoms. The second kappa shape index (κ2) is 4.87. The maximum Gasteiger partial charge on any atom is 0.159 e. The number of halogens is 1. The van der Waals surface area contributed by atoms with Crippen molar-refractivity contribution in [3.8, 4) is 0 Å². The molecule has 0 bridgehead atoms. The lowest BCUT2D eigenvalue weighted by atomic mass is 10.4. The first-order chi connectivity index (χ1) is 6.24. The average Bonchev–Trinajstić information content (AvgIpc) is 2.41. The van der Waals surface area contributed by atoms with Crippen LogP contribution in [0.2, 0.25) is 0 Å². The van der Waals surface area contributed by atoms with Gasteiger partial charge in [-0.15, -0.1) is 0 Å². The van der Waals surface area contributed by atoms with Gasteiger partial charge in [0.25, 0.3) is 0 Å². The minimum Gasteiger partial charge on any atom is -0.381 e. The molecule has 70 valence electrons. The summed E-state index contributed by atoms with van der Waals surface area (Å²) in [5.41, 5.74) is 5.56. The molecule has 0 unspecified atom stereocenters. The Morgan fingerprint density at radius 1 is 1.69 bits per heavy atom. The highest BCUT2D eigenvalue weighted by Gasteiger charge is 1.99. The van der Waals surface area contributed by atoms with Gasteiger partial charge in [0.15, 0.2) is 5.82 Å². The lowest BCUT2D eigenvalue weighted by Crippen LogP contribution is -1.98. The summed E-state index contributed by atoms with van der Waals surface area (Å²) in [5, 5.41) is 4.10. The number of allylic oxidation sites excluding steroid dienone is 3. The van der Waals surface area contributed by atoms with Gasteiger partial charge in [-0.3, -0.25) is 4.68 Å². The van der Waals surface area contributed by atoms with E-state index in [1.807, 2.05) is 23.0 Å². The Bertz CT molecular complexity index is 295. The molecule has 0 aliphatic heterocycles. The molecule has 0 saturated heterocycles. The van der Waals surface area contributed by atoms with Crippen molar-refractivity contribution in [1.29, 1.82) is 0 Å². The molecule has 4 heteroatoms. The first kappa shape index (κ1) is 10.1. The van der Waals surface area contributed by atoms with E-state index in [0.717, 1.165) is 17.4 Å². The number of aryl methyl sites for hydroxylation is 1. The molecular formula is C9H12BrN3. The van der Waals surface area contributed by atoms with Crippen molar-refractivity contribution in [2.24, 2.45) is 0 Å². The predicted octanol–water partition coefficient (Wildman–Crippen LogP) is 2.36. The lowest BCUT2D eigenvalue weighted by Gasteiger charge is -1.95. The van der Waals surface area contributed by atoms with Gasteiger partial charge in [0.2, 0.25) is 0 Å². The highest BCUT2D eigenvalue weighted by atomic mass is 79.9. The van der Waals surface area contributed by atoms with Gasteiger partial charge in [0, 0.05) is 12.7 Å². The van der Waals surface area contributed by atoms with Crippen LogP contribution in [-0.2, 0) is 6.54 Å². The Balaban J connectivity index is 2.45. The number of hydrogen-bond acceptors (Lipinski definition) is 2. The molecular weight excluding hydrogens is 230 g/mol. The fourth-order valence-electron chi connectivity index (χ4n) is 0.926. The van der Waals surface area contributed by atoms with Crippen LogP contribution in [0.1, 0.15) is 6.42 Å². The third-order valence-electron chi connectivity index (χ3n) is 1.54. The summed E-state index contributed by atoms with van der Waals surface area (Å²) in [4.78, 5) is 0. The Kier molecular flexibility index (Phi) is 3.76. The van der Waals surface area contributed by atoms with Gasteiger partial charge in [-0.2, -0.15) is 5.10 Å². The Labute approximate surface area is 86.1 Å². The summed E-state index contributed by atoms with van der Waals surface area (Å²) in [6.45, 7) is 4.42. The minimum atomic E-state index is 0.535. The summed E-state index contributed by atoms with van der Waals surface area (Å²) in [7, 11) is 0. The van der Waals surface area contributed by atoms with Gasteiger partial charge < -0.3 is 5.73 Å². The van der Waals surface area contributed by atoms with Crippen LogP contribution in [0.4, 0.5) is 5.82 Å². The summed E-state index contributed by atoms with van der Waals surface area (Å²) < 4.78 is 2.66. The van der Waals surface area contributed by atoms with Crippen molar-refractivity contribution in [3.05, 3.63) is 35.5 Å². The van der Waals surface area contributed by atoms with Crippen LogP contribution < -0.4 is 5.73 Å². The number of hydrogen-bond donors (Lipinski definition) is 1. The summed E-state index contributed by atoms with van der Waals surface area (Å²) in [6.07, 6.45) is 8.52. The molecule has 3 nitrogen and oxygen atoms in total. The molecule has 1 aromatic rings. The molecule has 2 N–H and O–H groups in total. The van der Waals surface area contributed by atoms with E-state index in [1.165, 1.54) is 0 Å². The third-order valence-corrected chi connectivity index (χ3v) is 2.15. The second-order valence-electron chi connectivity index (χ2n) is 2.58. The standard InChI is InChI=1S/C9H12BrN3/c1-2-3-4-5-6-13-7-8(10)9(11)12-13/h2-4,7H,1,5-6H2,(H2,11,12)/b4-3+. The number of nitrogens with zero attached hydrogens (tertiary/aromatic N) is 2. The molecule has 0 fully saturated rings. The highest BCUT2D eigenvalue weighted by Crippen LogP contribution is 2.16. The molecule has 0 saturated carbocycles. The zero-order chi connectivity index (χ0) is 9.68. The first-order valence-corrected chi connectivity index (χ1v) is 4.79. The van der Waals surface area contributed by atoms with Crippen LogP contribution >= 0.6 is 15.9 Å². The smallest absolute Gasteiger partial charge is 0.159 e. The third kappa shape index (κ3) is 3.06. The monoisotopic (exact) mass is 241 g/mol. The van der Waals surface area contributed by atoms with Gasteiger partial charge in [-0.1, -0.05) is 24.8 Å². The summed E-state index contributed by atoms with van der Waals surface area (Å²) >= 11 is 3.30. The zero-order valence-electron chi connectivity index (χ0n) is 7.28. The number of nitrogen functional groups attached to an aromatic ring is 1. The van der Waals surface area contributed by atoms with Crippen LogP contribution in [0.5, 0.6) is 0 Å². The Hall–Kier alpha value is -1.03. The van der Waals surface area contributed by atoms with Crippen molar-refractivity contribution in [3.63, 3.8) is 0 Å². The fraction of sp³-hybridized carbons (Fsp3) is 0.222. The van der Waals surface area contributed by atoms with E-state index in [-0.39, 0.29) is 0 Å². The average molecular weight is 242 g/mol. The maximum absolute atomic E-state index is 5.56. The van der Waals surface area contributed by atoms with E-state index >= 15 is 0 Å². The van der Waals surface area contributed by atoms with Crippen molar-refractivity contribution >= 4 is 21.7 Å². The van der Waals surface area contributed by atoms with Gasteiger partial charge in [0.05, 0.1) is 4.47 Å². The van der Waals surface area contributed by atoms with Gasteiger partial charge in [-0.05, 0) is 22.4 Å². The molecule has 0 spiro atoms. The maximum atomic E-state index is 5.56. The Morgan fingerprint density at radius 3 is 3.00 bits per heavy atom. The second-order valence-corrected chi connectivity index (χ2v) is 3.43. The van der Waals surface area contributed by atoms with Crippen LogP contribution in [0, 0.1) is 0 Å². The number of nitrogens with two attached hydrogens (primary N) is 1. The zero-order valence-corrected chi connectivity index (χ0v) is 8.87. The topological polar surface area (TPSA) is 43.8 Å². The van der Waals surface area contributed by atoms with Crippen molar-refractivity contribution < 1.29 is 0 Å². The first-order valence-electron chi connectivity index (χ1n) is 4.00. The Morgan fingerprint density at radius 2 is 2.46 bits per heavy atom. The van der Waals surface area contributed by atoms with Crippen molar-refractivity contribution in [1.82, 2.24) is 9.78 Å². The van der Waals surface area contributed by atoms with Crippen LogP contribution in [0.15, 0.2) is 35.5 Å². The van der Waals surface area contributed by atoms with E-state index in [4.69, 9.17) is 5.73 Å². The van der Waals surface area contributed by atoms with E-state index in [2.05, 4.69) is 27.6 Å². The number of aromatic nitrogens is 2. The lowest BCUT2D eigenvalue weighted by molar-refractivity contribution is 0.626. The molecule has 0 atom stereocenters. The molecule has 1 rings (SSSR count). The molecule has 1 heterocycles. The molecule has 1 aromatic heterocycles. The fourth-order valence-corrected chi connectivity index (χ4v) is 1.24. The minimum absolute atomic E-state index is 0.535. The normalized spacial score (nSPS) is 10.8. The van der Waals surface area contributed by atoms with E-state index < -0.39 is 0 Å². The van der Waals surface area contributed by atoms with E-state index in [0.29, 0.717) is 5.82 Å². The van der Waals surface area contributed by atoms with Gasteiger partial charge in [0.1, 0.15) is 0 Å². The molecule has 0 aliphatic rings. The van der Waals surface area contributed by atoms with E-state index in [1.54, 1.807) is 6.08 Å². The van der Waals surface area contributed by atoms with E-state index in [9.17, 15) is 0 Å². The SMILES string of the molecule is C=C/C=C/CCn1cc(Br)c(N)n1. The predicted molar refractivity (Wildman–Crippen MR) is 58.3 cm³/mol. The molecule has 0 aromatic carbocycles. The van der Waals surface area contributed by atoms with Crippen molar-refractivity contribution in [2.45, 2.75) is 13.0 Å². The van der Waals surface area contributed by atoms with Crippen LogP contribution in [0.25, 0.3) is 0 Å². The molecule has 0 radical (unpaired) electrons. The number of anilines is 1. The van der Waals surface area contributed by atoms with Gasteiger partial charge >= 0.3 is 0 Å². The molecule has 0 amide bonds. The van der Waals surface area contributed by atoms with Crippen molar-refractivity contribution in [2.75, 3.05) is 5.73 Å². The van der Waals surface area contributed by atoms with Gasteiger partial charge in [-0.25, -0.2) is 0 Å². The largest absolute Gasteiger partial charge is 0.381 e. The molecule has 0 aliphatic carbocycles. The number of rotatable bonds is 4. The summed E-state index contributed by atoms with van der Waals surface area (Å²) in [6, 6.07) is 0. The quantitative estimate of drug-likeness (QED) is 0.823. The summed E-state index contributed by atoms with van der Waals surface area (Å²) in [5.74, 6) is 0.535. The highest BCUT2D eigenvalue weighted by molar-refractivity contribution is 9.10.